The molecular weight excluding hydrogens is 208 g/mol. The summed E-state index contributed by atoms with van der Waals surface area (Å²) in [7, 11) is 1.65. The molecule has 0 fully saturated rings. The lowest BCUT2D eigenvalue weighted by atomic mass is 9.72. The van der Waals surface area contributed by atoms with Gasteiger partial charge < -0.3 is 4.74 Å². The van der Waals surface area contributed by atoms with Crippen LogP contribution in [0.15, 0.2) is 23.3 Å². The molecule has 1 heteroatoms. The average Bonchev–Trinajstić information content (AvgIpc) is 2.27. The predicted molar refractivity (Wildman–Crippen MR) is 73.7 cm³/mol. The largest absolute Gasteiger partial charge is 0.362 e. The molecule has 0 aliphatic heterocycles. The molecule has 0 radical (unpaired) electrons. The monoisotopic (exact) mass is 232 g/mol. The lowest BCUT2D eigenvalue weighted by Crippen LogP contribution is -2.23. The Labute approximate surface area is 106 Å². The van der Waals surface area contributed by atoms with Gasteiger partial charge in [-0.3, -0.25) is 0 Å². The first kappa shape index (κ1) is 14.1. The van der Waals surface area contributed by atoms with E-state index in [1.54, 1.807) is 7.11 Å². The van der Waals surface area contributed by atoms with Crippen LogP contribution in [0, 0.1) is 17.8 Å². The zero-order valence-corrected chi connectivity index (χ0v) is 11.8. The minimum absolute atomic E-state index is 0.252. The maximum absolute atomic E-state index is 5.49. The summed E-state index contributed by atoms with van der Waals surface area (Å²) in [5, 5.41) is 0. The SMILES string of the molecule is C#CC(C)(/C=C/C1=C(C)CCCC1(C)C)OC. The third kappa shape index (κ3) is 3.23. The van der Waals surface area contributed by atoms with Crippen molar-refractivity contribution in [1.82, 2.24) is 0 Å². The summed E-state index contributed by atoms with van der Waals surface area (Å²) in [5.74, 6) is 2.68. The summed E-state index contributed by atoms with van der Waals surface area (Å²) in [6.45, 7) is 8.74. The van der Waals surface area contributed by atoms with Gasteiger partial charge in [0.25, 0.3) is 0 Å². The number of methoxy groups -OCH3 is 1. The Balaban J connectivity index is 3.01. The van der Waals surface area contributed by atoms with Crippen LogP contribution in [0.1, 0.15) is 47.0 Å². The molecule has 0 aromatic rings. The van der Waals surface area contributed by atoms with Crippen molar-refractivity contribution in [3.63, 3.8) is 0 Å². The van der Waals surface area contributed by atoms with Crippen molar-refractivity contribution in [2.75, 3.05) is 7.11 Å². The highest BCUT2D eigenvalue weighted by molar-refractivity contribution is 5.35. The molecule has 0 bridgehead atoms. The topological polar surface area (TPSA) is 9.23 Å². The maximum atomic E-state index is 5.49. The Bertz CT molecular complexity index is 379. The van der Waals surface area contributed by atoms with Gasteiger partial charge in [-0.25, -0.2) is 0 Å². The van der Waals surface area contributed by atoms with Crippen LogP contribution in [-0.2, 0) is 4.74 Å². The molecule has 0 N–H and O–H groups in total. The van der Waals surface area contributed by atoms with Gasteiger partial charge in [-0.15, -0.1) is 6.42 Å². The van der Waals surface area contributed by atoms with Crippen LogP contribution in [-0.4, -0.2) is 12.7 Å². The van der Waals surface area contributed by atoms with Crippen molar-refractivity contribution < 1.29 is 4.74 Å². The highest BCUT2D eigenvalue weighted by atomic mass is 16.5. The molecule has 0 saturated carbocycles. The Morgan fingerprint density at radius 3 is 2.59 bits per heavy atom. The molecule has 0 aromatic carbocycles. The van der Waals surface area contributed by atoms with Crippen molar-refractivity contribution in [3.8, 4) is 12.3 Å². The number of hydrogen-bond donors (Lipinski definition) is 0. The fourth-order valence-electron chi connectivity index (χ4n) is 2.43. The summed E-state index contributed by atoms with van der Waals surface area (Å²) in [6.07, 6.45) is 13.4. The van der Waals surface area contributed by atoms with Crippen LogP contribution >= 0.6 is 0 Å². The molecule has 1 unspecified atom stereocenters. The summed E-state index contributed by atoms with van der Waals surface area (Å²) >= 11 is 0. The van der Waals surface area contributed by atoms with Gasteiger partial charge in [-0.1, -0.05) is 31.4 Å². The molecular formula is C16H24O. The van der Waals surface area contributed by atoms with E-state index in [4.69, 9.17) is 11.2 Å². The maximum Gasteiger partial charge on any atom is 0.144 e. The van der Waals surface area contributed by atoms with Gasteiger partial charge in [0.2, 0.25) is 0 Å². The van der Waals surface area contributed by atoms with Gasteiger partial charge in [0.1, 0.15) is 5.60 Å². The number of terminal acetylenes is 1. The first-order chi connectivity index (χ1) is 7.84. The highest BCUT2D eigenvalue weighted by Gasteiger charge is 2.27. The molecule has 17 heavy (non-hydrogen) atoms. The van der Waals surface area contributed by atoms with E-state index in [1.165, 1.54) is 30.4 Å². The summed E-state index contributed by atoms with van der Waals surface area (Å²) in [6, 6.07) is 0. The number of ether oxygens (including phenoxy) is 1. The van der Waals surface area contributed by atoms with Crippen molar-refractivity contribution in [1.29, 1.82) is 0 Å². The average molecular weight is 232 g/mol. The minimum Gasteiger partial charge on any atom is -0.362 e. The predicted octanol–water partition coefficient (Wildman–Crippen LogP) is 4.11. The Morgan fingerprint density at radius 2 is 2.12 bits per heavy atom. The lowest BCUT2D eigenvalue weighted by molar-refractivity contribution is 0.0990. The molecule has 0 amide bonds. The molecule has 0 saturated heterocycles. The van der Waals surface area contributed by atoms with Crippen LogP contribution < -0.4 is 0 Å². The van der Waals surface area contributed by atoms with E-state index >= 15 is 0 Å². The second-order valence-corrected chi connectivity index (χ2v) is 5.72. The van der Waals surface area contributed by atoms with E-state index in [2.05, 4.69) is 32.8 Å². The van der Waals surface area contributed by atoms with Crippen LogP contribution in [0.3, 0.4) is 0 Å². The van der Waals surface area contributed by atoms with Gasteiger partial charge in [0, 0.05) is 7.11 Å². The quantitative estimate of drug-likeness (QED) is 0.665. The zero-order valence-electron chi connectivity index (χ0n) is 11.8. The summed E-state index contributed by atoms with van der Waals surface area (Å²) < 4.78 is 5.34. The zero-order chi connectivity index (χ0) is 13.1. The van der Waals surface area contributed by atoms with Crippen LogP contribution in [0.25, 0.3) is 0 Å². The smallest absolute Gasteiger partial charge is 0.144 e. The minimum atomic E-state index is -0.596. The fraction of sp³-hybridized carbons (Fsp3) is 0.625. The molecule has 1 aliphatic carbocycles. The van der Waals surface area contributed by atoms with Gasteiger partial charge in [0.15, 0.2) is 0 Å². The van der Waals surface area contributed by atoms with Gasteiger partial charge in [-0.05, 0) is 50.2 Å². The van der Waals surface area contributed by atoms with Crippen molar-refractivity contribution in [3.05, 3.63) is 23.3 Å². The van der Waals surface area contributed by atoms with Crippen molar-refractivity contribution in [2.24, 2.45) is 5.41 Å². The van der Waals surface area contributed by atoms with E-state index in [0.717, 1.165) is 0 Å². The van der Waals surface area contributed by atoms with E-state index < -0.39 is 5.60 Å². The number of allylic oxidation sites excluding steroid dienone is 3. The molecule has 0 aromatic heterocycles. The second kappa shape index (κ2) is 5.10. The first-order valence-electron chi connectivity index (χ1n) is 6.27. The van der Waals surface area contributed by atoms with Crippen LogP contribution in [0.4, 0.5) is 0 Å². The molecule has 0 heterocycles. The second-order valence-electron chi connectivity index (χ2n) is 5.72. The Morgan fingerprint density at radius 1 is 1.47 bits per heavy atom. The number of rotatable bonds is 3. The van der Waals surface area contributed by atoms with E-state index in [9.17, 15) is 0 Å². The van der Waals surface area contributed by atoms with Crippen LogP contribution in [0.5, 0.6) is 0 Å². The molecule has 1 atom stereocenters. The standard InChI is InChI=1S/C16H24O/c1-7-16(5,17-6)12-10-14-13(2)9-8-11-15(14,3)4/h1,10,12H,8-9,11H2,2-6H3/b12-10+. The first-order valence-corrected chi connectivity index (χ1v) is 6.27. The Hall–Kier alpha value is -1.00. The molecule has 1 rings (SSSR count). The normalized spacial score (nSPS) is 23.5. The van der Waals surface area contributed by atoms with E-state index in [1.807, 2.05) is 13.0 Å². The Kier molecular flexibility index (Phi) is 4.22. The van der Waals surface area contributed by atoms with Crippen molar-refractivity contribution in [2.45, 2.75) is 52.6 Å². The molecule has 0 spiro atoms. The van der Waals surface area contributed by atoms with E-state index in [-0.39, 0.29) is 5.41 Å². The van der Waals surface area contributed by atoms with Gasteiger partial charge >= 0.3 is 0 Å². The fourth-order valence-corrected chi connectivity index (χ4v) is 2.43. The number of hydrogen-bond acceptors (Lipinski definition) is 1. The van der Waals surface area contributed by atoms with Gasteiger partial charge in [0.05, 0.1) is 0 Å². The summed E-state index contributed by atoms with van der Waals surface area (Å²) in [4.78, 5) is 0. The van der Waals surface area contributed by atoms with Gasteiger partial charge in [-0.2, -0.15) is 0 Å². The van der Waals surface area contributed by atoms with Crippen LogP contribution in [0.2, 0.25) is 0 Å². The summed E-state index contributed by atoms with van der Waals surface area (Å²) in [5.41, 5.74) is 2.55. The third-order valence-electron chi connectivity index (χ3n) is 3.82. The van der Waals surface area contributed by atoms with E-state index in [0.29, 0.717) is 0 Å². The third-order valence-corrected chi connectivity index (χ3v) is 3.82. The molecule has 94 valence electrons. The lowest BCUT2D eigenvalue weighted by Gasteiger charge is -2.33. The molecule has 1 aliphatic rings. The van der Waals surface area contributed by atoms with Crippen molar-refractivity contribution >= 4 is 0 Å². The molecule has 1 nitrogen and oxygen atoms in total. The highest BCUT2D eigenvalue weighted by Crippen LogP contribution is 2.40.